The second-order valence-corrected chi connectivity index (χ2v) is 5.00. The molecular weight excluding hydrogens is 208 g/mol. The number of hydrogen-bond donors (Lipinski definition) is 1. The van der Waals surface area contributed by atoms with Gasteiger partial charge in [-0.15, -0.1) is 10.2 Å². The molecule has 86 valence electrons. The molecule has 1 aromatic rings. The lowest BCUT2D eigenvalue weighted by Crippen LogP contribution is -2.25. The summed E-state index contributed by atoms with van der Waals surface area (Å²) in [5.74, 6) is 0. The fourth-order valence-electron chi connectivity index (χ4n) is 1.02. The molecule has 0 fully saturated rings. The maximum Gasteiger partial charge on any atom is 0.205 e. The van der Waals surface area contributed by atoms with E-state index in [1.54, 1.807) is 11.3 Å². The summed E-state index contributed by atoms with van der Waals surface area (Å²) >= 11 is 1.64. The molecule has 4 nitrogen and oxygen atoms in total. The van der Waals surface area contributed by atoms with E-state index in [1.165, 1.54) is 0 Å². The third-order valence-electron chi connectivity index (χ3n) is 2.26. The highest BCUT2D eigenvalue weighted by molar-refractivity contribution is 7.15. The van der Waals surface area contributed by atoms with Crippen molar-refractivity contribution in [3.05, 3.63) is 5.01 Å². The quantitative estimate of drug-likeness (QED) is 0.810. The average molecular weight is 228 g/mol. The number of nitrogens with zero attached hydrogens (tertiary/aromatic N) is 3. The van der Waals surface area contributed by atoms with Crippen molar-refractivity contribution >= 4 is 16.5 Å². The van der Waals surface area contributed by atoms with Crippen LogP contribution in [-0.2, 0) is 6.54 Å². The fourth-order valence-corrected chi connectivity index (χ4v) is 1.85. The molecule has 1 heterocycles. The summed E-state index contributed by atoms with van der Waals surface area (Å²) in [5.41, 5.74) is 0. The first kappa shape index (κ1) is 12.4. The molecule has 0 radical (unpaired) electrons. The van der Waals surface area contributed by atoms with Gasteiger partial charge in [-0.25, -0.2) is 0 Å². The number of aromatic nitrogens is 2. The third kappa shape index (κ3) is 4.13. The molecule has 0 saturated heterocycles. The van der Waals surface area contributed by atoms with E-state index in [1.807, 2.05) is 0 Å². The maximum atomic E-state index is 4.16. The van der Waals surface area contributed by atoms with E-state index in [4.69, 9.17) is 0 Å². The first-order valence-corrected chi connectivity index (χ1v) is 6.21. The molecule has 1 rings (SSSR count). The maximum absolute atomic E-state index is 4.16. The standard InChI is InChI=1S/C10H20N4S/c1-5-6-11-10-13-12-9(15-10)7-14(4)8(2)3/h8H,5-7H2,1-4H3,(H,11,13). The van der Waals surface area contributed by atoms with Gasteiger partial charge in [0.1, 0.15) is 5.01 Å². The van der Waals surface area contributed by atoms with Crippen LogP contribution in [0.25, 0.3) is 0 Å². The van der Waals surface area contributed by atoms with Crippen LogP contribution < -0.4 is 5.32 Å². The van der Waals surface area contributed by atoms with Gasteiger partial charge >= 0.3 is 0 Å². The van der Waals surface area contributed by atoms with Gasteiger partial charge in [0.25, 0.3) is 0 Å². The monoisotopic (exact) mass is 228 g/mol. The Kier molecular flexibility index (Phi) is 4.98. The van der Waals surface area contributed by atoms with Crippen LogP contribution in [0.4, 0.5) is 5.13 Å². The van der Waals surface area contributed by atoms with Gasteiger partial charge in [-0.05, 0) is 27.3 Å². The van der Waals surface area contributed by atoms with Gasteiger partial charge < -0.3 is 5.32 Å². The first-order chi connectivity index (χ1) is 7.13. The zero-order valence-electron chi connectivity index (χ0n) is 9.95. The number of nitrogens with one attached hydrogen (secondary N) is 1. The summed E-state index contributed by atoms with van der Waals surface area (Å²) in [5, 5.41) is 13.5. The Balaban J connectivity index is 2.45. The minimum atomic E-state index is 0.543. The van der Waals surface area contributed by atoms with E-state index < -0.39 is 0 Å². The average Bonchev–Trinajstić information content (AvgIpc) is 2.62. The molecule has 5 heteroatoms. The Labute approximate surface area is 95.7 Å². The minimum absolute atomic E-state index is 0.543. The van der Waals surface area contributed by atoms with Crippen molar-refractivity contribution in [1.82, 2.24) is 15.1 Å². The molecule has 0 unspecified atom stereocenters. The van der Waals surface area contributed by atoms with Crippen LogP contribution in [0.1, 0.15) is 32.2 Å². The number of hydrogen-bond acceptors (Lipinski definition) is 5. The van der Waals surface area contributed by atoms with E-state index in [0.717, 1.165) is 29.6 Å². The molecule has 0 aromatic carbocycles. The van der Waals surface area contributed by atoms with Crippen LogP contribution in [0.5, 0.6) is 0 Å². The lowest BCUT2D eigenvalue weighted by Gasteiger charge is -2.18. The van der Waals surface area contributed by atoms with Gasteiger partial charge in [-0.3, -0.25) is 4.90 Å². The summed E-state index contributed by atoms with van der Waals surface area (Å²) in [6.45, 7) is 8.34. The Morgan fingerprint density at radius 2 is 2.13 bits per heavy atom. The summed E-state index contributed by atoms with van der Waals surface area (Å²) in [7, 11) is 2.10. The topological polar surface area (TPSA) is 41.1 Å². The fraction of sp³-hybridized carbons (Fsp3) is 0.800. The van der Waals surface area contributed by atoms with E-state index in [2.05, 4.69) is 48.2 Å². The molecule has 0 atom stereocenters. The van der Waals surface area contributed by atoms with Crippen molar-refractivity contribution < 1.29 is 0 Å². The molecule has 0 aliphatic rings. The van der Waals surface area contributed by atoms with E-state index in [9.17, 15) is 0 Å². The van der Waals surface area contributed by atoms with Gasteiger partial charge in [-0.2, -0.15) is 0 Å². The normalized spacial score (nSPS) is 11.3. The summed E-state index contributed by atoms with van der Waals surface area (Å²) in [6.07, 6.45) is 1.11. The predicted octanol–water partition coefficient (Wildman–Crippen LogP) is 2.20. The van der Waals surface area contributed by atoms with Gasteiger partial charge in [0.15, 0.2) is 0 Å². The van der Waals surface area contributed by atoms with E-state index >= 15 is 0 Å². The highest BCUT2D eigenvalue weighted by Gasteiger charge is 2.08. The number of rotatable bonds is 6. The molecule has 0 aliphatic heterocycles. The van der Waals surface area contributed by atoms with Crippen molar-refractivity contribution in [3.8, 4) is 0 Å². The lowest BCUT2D eigenvalue weighted by atomic mass is 10.3. The van der Waals surface area contributed by atoms with Crippen molar-refractivity contribution in [2.24, 2.45) is 0 Å². The molecular formula is C10H20N4S. The van der Waals surface area contributed by atoms with Crippen LogP contribution in [0.2, 0.25) is 0 Å². The molecule has 15 heavy (non-hydrogen) atoms. The van der Waals surface area contributed by atoms with Crippen molar-refractivity contribution in [3.63, 3.8) is 0 Å². The second kappa shape index (κ2) is 6.02. The zero-order chi connectivity index (χ0) is 11.3. The molecule has 0 bridgehead atoms. The van der Waals surface area contributed by atoms with Gasteiger partial charge in [-0.1, -0.05) is 18.3 Å². The van der Waals surface area contributed by atoms with Gasteiger partial charge in [0.05, 0.1) is 6.54 Å². The number of anilines is 1. The predicted molar refractivity (Wildman–Crippen MR) is 65.3 cm³/mol. The molecule has 0 aliphatic carbocycles. The smallest absolute Gasteiger partial charge is 0.205 e. The zero-order valence-corrected chi connectivity index (χ0v) is 10.8. The summed E-state index contributed by atoms with van der Waals surface area (Å²) in [4.78, 5) is 2.25. The third-order valence-corrected chi connectivity index (χ3v) is 3.12. The van der Waals surface area contributed by atoms with Gasteiger partial charge in [0, 0.05) is 12.6 Å². The van der Waals surface area contributed by atoms with Crippen LogP contribution >= 0.6 is 11.3 Å². The highest BCUT2D eigenvalue weighted by Crippen LogP contribution is 2.16. The minimum Gasteiger partial charge on any atom is -0.360 e. The van der Waals surface area contributed by atoms with Crippen LogP contribution in [0, 0.1) is 0 Å². The molecule has 0 spiro atoms. The Morgan fingerprint density at radius 1 is 1.40 bits per heavy atom. The summed E-state index contributed by atoms with van der Waals surface area (Å²) in [6, 6.07) is 0.543. The Hall–Kier alpha value is -0.680. The Bertz CT molecular complexity index is 285. The Morgan fingerprint density at radius 3 is 2.73 bits per heavy atom. The first-order valence-electron chi connectivity index (χ1n) is 5.40. The van der Waals surface area contributed by atoms with Crippen LogP contribution in [0.3, 0.4) is 0 Å². The largest absolute Gasteiger partial charge is 0.360 e. The molecule has 1 aromatic heterocycles. The van der Waals surface area contributed by atoms with Crippen LogP contribution in [-0.4, -0.2) is 34.7 Å². The van der Waals surface area contributed by atoms with Crippen molar-refractivity contribution in [2.45, 2.75) is 39.8 Å². The molecule has 0 amide bonds. The SMILES string of the molecule is CCCNc1nnc(CN(C)C(C)C)s1. The second-order valence-electron chi connectivity index (χ2n) is 3.94. The van der Waals surface area contributed by atoms with E-state index in [-0.39, 0.29) is 0 Å². The van der Waals surface area contributed by atoms with Crippen molar-refractivity contribution in [2.75, 3.05) is 18.9 Å². The molecule has 0 saturated carbocycles. The van der Waals surface area contributed by atoms with Crippen LogP contribution in [0.15, 0.2) is 0 Å². The van der Waals surface area contributed by atoms with Gasteiger partial charge in [0.2, 0.25) is 5.13 Å². The summed E-state index contributed by atoms with van der Waals surface area (Å²) < 4.78 is 0. The highest BCUT2D eigenvalue weighted by atomic mass is 32.1. The molecule has 1 N–H and O–H groups in total. The van der Waals surface area contributed by atoms with E-state index in [0.29, 0.717) is 6.04 Å². The lowest BCUT2D eigenvalue weighted by molar-refractivity contribution is 0.265. The van der Waals surface area contributed by atoms with Crippen molar-refractivity contribution in [1.29, 1.82) is 0 Å².